The van der Waals surface area contributed by atoms with Gasteiger partial charge < -0.3 is 4.74 Å². The fourth-order valence-electron chi connectivity index (χ4n) is 3.53. The van der Waals surface area contributed by atoms with Crippen molar-refractivity contribution in [2.24, 2.45) is 5.18 Å². The number of benzene rings is 2. The molecule has 2 aromatic carbocycles. The Morgan fingerprint density at radius 3 is 2.75 bits per heavy atom. The second-order valence-electron chi connectivity index (χ2n) is 7.12. The zero-order valence-electron chi connectivity index (χ0n) is 17.1. The van der Waals surface area contributed by atoms with Gasteiger partial charge in [-0.05, 0) is 78.3 Å². The monoisotopic (exact) mass is 441 g/mol. The second-order valence-corrected chi connectivity index (χ2v) is 8.13. The smallest absolute Gasteiger partial charge is 0.200 e. The molecular formula is C24H19N5O2S. The lowest BCUT2D eigenvalue weighted by Gasteiger charge is -2.13. The van der Waals surface area contributed by atoms with Crippen molar-refractivity contribution in [3.63, 3.8) is 0 Å². The standard InChI is InChI=1S/C24H19N5O2S/c30-28-20-13-14-21(23-19(20)12-7-15-25-23)32-24-27-26-22(16-31-18-10-5-2-6-11-18)29(24)17-8-3-1-4-9-17/h1,3-5,7-15H,2,6,16H2. The van der Waals surface area contributed by atoms with E-state index in [0.29, 0.717) is 34.2 Å². The minimum absolute atomic E-state index is 0.297. The Morgan fingerprint density at radius 1 is 1.03 bits per heavy atom. The maximum absolute atomic E-state index is 11.2. The first-order valence-corrected chi connectivity index (χ1v) is 11.0. The van der Waals surface area contributed by atoms with Crippen molar-refractivity contribution < 1.29 is 4.74 Å². The summed E-state index contributed by atoms with van der Waals surface area (Å²) in [7, 11) is 0. The Morgan fingerprint density at radius 2 is 1.94 bits per heavy atom. The van der Waals surface area contributed by atoms with Crippen LogP contribution < -0.4 is 0 Å². The van der Waals surface area contributed by atoms with Crippen molar-refractivity contribution in [1.29, 1.82) is 0 Å². The number of aromatic nitrogens is 4. The van der Waals surface area contributed by atoms with Crippen molar-refractivity contribution in [2.45, 2.75) is 29.5 Å². The van der Waals surface area contributed by atoms with Crippen LogP contribution in [0.5, 0.6) is 0 Å². The summed E-state index contributed by atoms with van der Waals surface area (Å²) in [4.78, 5) is 16.5. The van der Waals surface area contributed by atoms with Gasteiger partial charge in [-0.1, -0.05) is 24.3 Å². The van der Waals surface area contributed by atoms with Crippen molar-refractivity contribution in [3.05, 3.63) is 95.5 Å². The van der Waals surface area contributed by atoms with E-state index in [0.717, 1.165) is 29.2 Å². The summed E-state index contributed by atoms with van der Waals surface area (Å²) >= 11 is 1.44. The number of fused-ring (bicyclic) bond motifs is 1. The Balaban J connectivity index is 1.53. The van der Waals surface area contributed by atoms with Crippen LogP contribution >= 0.6 is 11.8 Å². The van der Waals surface area contributed by atoms with E-state index in [9.17, 15) is 4.91 Å². The van der Waals surface area contributed by atoms with E-state index in [1.807, 2.05) is 53.1 Å². The van der Waals surface area contributed by atoms with Crippen molar-refractivity contribution in [2.75, 3.05) is 0 Å². The van der Waals surface area contributed by atoms with Gasteiger partial charge in [0.15, 0.2) is 5.82 Å². The summed E-state index contributed by atoms with van der Waals surface area (Å²) in [6, 6.07) is 17.1. The van der Waals surface area contributed by atoms with Crippen LogP contribution in [0.2, 0.25) is 0 Å². The summed E-state index contributed by atoms with van der Waals surface area (Å²) in [5, 5.41) is 13.4. The van der Waals surface area contributed by atoms with Gasteiger partial charge in [-0.15, -0.1) is 15.1 Å². The first-order chi connectivity index (χ1) is 15.8. The first kappa shape index (κ1) is 20.1. The fourth-order valence-corrected chi connectivity index (χ4v) is 4.51. The molecule has 2 aromatic heterocycles. The molecule has 0 fully saturated rings. The topological polar surface area (TPSA) is 82.3 Å². The van der Waals surface area contributed by atoms with Crippen LogP contribution in [0.25, 0.3) is 16.6 Å². The van der Waals surface area contributed by atoms with Crippen LogP contribution in [-0.2, 0) is 11.3 Å². The quantitative estimate of drug-likeness (QED) is 0.322. The first-order valence-electron chi connectivity index (χ1n) is 10.2. The van der Waals surface area contributed by atoms with Gasteiger partial charge in [0.25, 0.3) is 0 Å². The van der Waals surface area contributed by atoms with Crippen LogP contribution in [0.15, 0.2) is 100 Å². The molecule has 8 heteroatoms. The van der Waals surface area contributed by atoms with E-state index >= 15 is 0 Å². The van der Waals surface area contributed by atoms with Gasteiger partial charge in [-0.25, -0.2) is 0 Å². The number of nitroso groups, excluding NO2 is 1. The summed E-state index contributed by atoms with van der Waals surface area (Å²) in [5.41, 5.74) is 2.01. The highest BCUT2D eigenvalue weighted by atomic mass is 32.2. The summed E-state index contributed by atoms with van der Waals surface area (Å²) in [6.45, 7) is 0.297. The third-order valence-electron chi connectivity index (χ3n) is 5.05. The minimum atomic E-state index is 0.297. The number of hydrogen-bond acceptors (Lipinski definition) is 7. The van der Waals surface area contributed by atoms with Gasteiger partial charge in [0.1, 0.15) is 18.1 Å². The highest BCUT2D eigenvalue weighted by Gasteiger charge is 2.18. The molecule has 1 aliphatic rings. The highest BCUT2D eigenvalue weighted by Crippen LogP contribution is 2.36. The number of hydrogen-bond donors (Lipinski definition) is 0. The average molecular weight is 442 g/mol. The van der Waals surface area contributed by atoms with E-state index in [1.54, 1.807) is 18.3 Å². The molecule has 0 atom stereocenters. The molecule has 0 spiro atoms. The highest BCUT2D eigenvalue weighted by molar-refractivity contribution is 7.99. The number of allylic oxidation sites excluding steroid dienone is 3. The maximum atomic E-state index is 11.2. The third kappa shape index (κ3) is 4.04. The average Bonchev–Trinajstić information content (AvgIpc) is 3.26. The van der Waals surface area contributed by atoms with Crippen LogP contribution in [0, 0.1) is 4.91 Å². The molecule has 32 heavy (non-hydrogen) atoms. The van der Waals surface area contributed by atoms with Gasteiger partial charge in [-0.3, -0.25) is 9.55 Å². The number of para-hydroxylation sites is 1. The molecule has 7 nitrogen and oxygen atoms in total. The molecule has 0 amide bonds. The Labute approximate surface area is 188 Å². The molecule has 5 rings (SSSR count). The van der Waals surface area contributed by atoms with Gasteiger partial charge in [-0.2, -0.15) is 0 Å². The Kier molecular flexibility index (Phi) is 5.76. The predicted octanol–water partition coefficient (Wildman–Crippen LogP) is 6.12. The van der Waals surface area contributed by atoms with Gasteiger partial charge in [0.05, 0.1) is 5.52 Å². The summed E-state index contributed by atoms with van der Waals surface area (Å²) in [6.07, 6.45) is 9.89. The molecule has 0 bridgehead atoms. The molecule has 0 radical (unpaired) electrons. The Hall–Kier alpha value is -3.78. The van der Waals surface area contributed by atoms with E-state index in [4.69, 9.17) is 4.74 Å². The molecule has 158 valence electrons. The third-order valence-corrected chi connectivity index (χ3v) is 6.05. The number of nitrogens with zero attached hydrogens (tertiary/aromatic N) is 5. The molecule has 1 aliphatic carbocycles. The second kappa shape index (κ2) is 9.15. The molecule has 0 N–H and O–H groups in total. The molecule has 4 aromatic rings. The number of ether oxygens (including phenoxy) is 1. The minimum Gasteiger partial charge on any atom is -0.486 e. The molecule has 0 unspecified atom stereocenters. The van der Waals surface area contributed by atoms with Crippen LogP contribution in [0.1, 0.15) is 18.7 Å². The number of pyridine rings is 1. The van der Waals surface area contributed by atoms with E-state index in [-0.39, 0.29) is 0 Å². The lowest BCUT2D eigenvalue weighted by molar-refractivity contribution is 0.199. The van der Waals surface area contributed by atoms with Crippen molar-refractivity contribution >= 4 is 28.4 Å². The van der Waals surface area contributed by atoms with Crippen LogP contribution in [0.3, 0.4) is 0 Å². The van der Waals surface area contributed by atoms with Crippen LogP contribution in [0.4, 0.5) is 5.69 Å². The SMILES string of the molecule is O=Nc1ccc(Sc2nnc(COC3=CCCC=C3)n2-c2ccccc2)c2ncccc12. The zero-order valence-corrected chi connectivity index (χ0v) is 17.9. The summed E-state index contributed by atoms with van der Waals surface area (Å²) in [5.74, 6) is 1.54. The zero-order chi connectivity index (χ0) is 21.8. The lowest BCUT2D eigenvalue weighted by atomic mass is 10.2. The molecule has 2 heterocycles. The van der Waals surface area contributed by atoms with Gasteiger partial charge >= 0.3 is 0 Å². The predicted molar refractivity (Wildman–Crippen MR) is 124 cm³/mol. The summed E-state index contributed by atoms with van der Waals surface area (Å²) < 4.78 is 7.96. The van der Waals surface area contributed by atoms with Crippen LogP contribution in [-0.4, -0.2) is 19.7 Å². The molecule has 0 saturated heterocycles. The molecule has 0 saturated carbocycles. The maximum Gasteiger partial charge on any atom is 0.200 e. The van der Waals surface area contributed by atoms with E-state index in [2.05, 4.69) is 32.5 Å². The lowest BCUT2D eigenvalue weighted by Crippen LogP contribution is -2.05. The van der Waals surface area contributed by atoms with E-state index < -0.39 is 0 Å². The Bertz CT molecular complexity index is 1330. The van der Waals surface area contributed by atoms with Crippen molar-refractivity contribution in [3.8, 4) is 5.69 Å². The molecular weight excluding hydrogens is 422 g/mol. The molecule has 0 aliphatic heterocycles. The number of rotatable bonds is 7. The largest absolute Gasteiger partial charge is 0.486 e. The van der Waals surface area contributed by atoms with E-state index in [1.165, 1.54) is 11.8 Å². The van der Waals surface area contributed by atoms with Crippen molar-refractivity contribution in [1.82, 2.24) is 19.7 Å². The normalized spacial score (nSPS) is 13.2. The fraction of sp³-hybridized carbons (Fsp3) is 0.125. The van der Waals surface area contributed by atoms with Gasteiger partial charge in [0, 0.05) is 22.2 Å². The van der Waals surface area contributed by atoms with Gasteiger partial charge in [0.2, 0.25) is 5.16 Å².